The third-order valence-corrected chi connectivity index (χ3v) is 19.4. The highest BCUT2D eigenvalue weighted by Gasteiger charge is 2.49. The topological polar surface area (TPSA) is 21.7 Å². The van der Waals surface area contributed by atoms with Gasteiger partial charge in [-0.25, -0.2) is 8.78 Å². The zero-order chi connectivity index (χ0) is 62.3. The number of anilines is 3. The number of nitrogens with zero attached hydrogens (tertiary/aromatic N) is 1. The highest BCUT2D eigenvalue weighted by molar-refractivity contribution is 5.95. The standard InChI is InChI=1S/C87H61F2NO2/c1-5-56-22-44-68(45-23-56)91-70-48-32-61(33-49-70)86(59-28-36-63(88)37-29-59)79-19-11-7-14-73(79)75-52-42-66(54-82(75)86)90(65-40-26-58(27-41-65)72-17-13-21-81-84(72)77-16-9-10-18-78(77)85(81,3)4)67-43-53-76-74-15-8-12-20-80(74)87(83(76)55-67,60-30-38-64(89)39-31-60)62-34-50-71(51-35-62)92-69-46-24-57(6-2)25-47-69/h5-55H,1-2H2,3-4H3. The number of benzene rings is 13. The SMILES string of the molecule is C=Cc1ccc(Oc2ccc(C3(c4ccc(F)cc4)c4ccccc4-c4ccc(N(c5ccc(-c6cccc7c6-c6ccccc6C7(C)C)cc5)c5ccc6c(c5)C(c5ccc(F)cc5)(c5ccc(Oc7ccc(C=C)cc7)cc5)c5ccccc5-6)cc43)cc2)cc1. The Kier molecular flexibility index (Phi) is 13.3. The van der Waals surface area contributed by atoms with Crippen LogP contribution < -0.4 is 14.4 Å². The maximum absolute atomic E-state index is 15.4. The number of hydrogen-bond donors (Lipinski definition) is 0. The summed E-state index contributed by atoms with van der Waals surface area (Å²) in [6, 6.07) is 102. The van der Waals surface area contributed by atoms with Crippen LogP contribution >= 0.6 is 0 Å². The van der Waals surface area contributed by atoms with Crippen molar-refractivity contribution in [2.45, 2.75) is 30.1 Å². The maximum atomic E-state index is 15.4. The molecule has 0 radical (unpaired) electrons. The molecule has 16 rings (SSSR count). The first-order valence-corrected chi connectivity index (χ1v) is 31.2. The smallest absolute Gasteiger partial charge is 0.127 e. The zero-order valence-corrected chi connectivity index (χ0v) is 50.9. The van der Waals surface area contributed by atoms with Gasteiger partial charge >= 0.3 is 0 Å². The summed E-state index contributed by atoms with van der Waals surface area (Å²) in [5.41, 5.74) is 22.8. The Morgan fingerprint density at radius 2 is 0.663 bits per heavy atom. The van der Waals surface area contributed by atoms with Crippen molar-refractivity contribution in [3.05, 3.63) is 389 Å². The van der Waals surface area contributed by atoms with Crippen molar-refractivity contribution in [3.8, 4) is 67.5 Å². The van der Waals surface area contributed by atoms with E-state index < -0.39 is 10.8 Å². The number of fused-ring (bicyclic) bond motifs is 9. The average molecular weight is 1190 g/mol. The summed E-state index contributed by atoms with van der Waals surface area (Å²) in [5.74, 6) is 2.18. The van der Waals surface area contributed by atoms with Gasteiger partial charge < -0.3 is 14.4 Å². The summed E-state index contributed by atoms with van der Waals surface area (Å²) in [6.45, 7) is 12.5. The number of hydrogen-bond acceptors (Lipinski definition) is 3. The Balaban J connectivity index is 0.904. The number of rotatable bonds is 14. The molecule has 3 aliphatic rings. The van der Waals surface area contributed by atoms with Gasteiger partial charge in [-0.2, -0.15) is 0 Å². The second-order valence-corrected chi connectivity index (χ2v) is 24.6. The van der Waals surface area contributed by atoms with E-state index in [1.54, 1.807) is 24.3 Å². The largest absolute Gasteiger partial charge is 0.457 e. The molecule has 13 aromatic carbocycles. The van der Waals surface area contributed by atoms with Gasteiger partial charge in [0.2, 0.25) is 0 Å². The van der Waals surface area contributed by atoms with Gasteiger partial charge in [0.1, 0.15) is 34.6 Å². The summed E-state index contributed by atoms with van der Waals surface area (Å²) in [4.78, 5) is 2.37. The first kappa shape index (κ1) is 55.9. The van der Waals surface area contributed by atoms with Gasteiger partial charge in [0.05, 0.1) is 10.8 Å². The fourth-order valence-electron chi connectivity index (χ4n) is 15.2. The normalized spacial score (nSPS) is 15.9. The lowest BCUT2D eigenvalue weighted by molar-refractivity contribution is 0.482. The van der Waals surface area contributed by atoms with Gasteiger partial charge in [-0.15, -0.1) is 0 Å². The highest BCUT2D eigenvalue weighted by Crippen LogP contribution is 2.61. The maximum Gasteiger partial charge on any atom is 0.127 e. The van der Waals surface area contributed by atoms with E-state index in [2.05, 4.69) is 208 Å². The third kappa shape index (κ3) is 8.82. The molecule has 0 fully saturated rings. The molecule has 0 heterocycles. The number of ether oxygens (including phenoxy) is 2. The van der Waals surface area contributed by atoms with E-state index >= 15 is 8.78 Å². The molecule has 2 unspecified atom stereocenters. The molecule has 0 aliphatic heterocycles. The average Bonchev–Trinajstić information content (AvgIpc) is 1.53. The van der Waals surface area contributed by atoms with E-state index in [4.69, 9.17) is 9.47 Å². The Hall–Kier alpha value is -11.4. The first-order valence-electron chi connectivity index (χ1n) is 31.2. The summed E-state index contributed by atoms with van der Waals surface area (Å²) in [5, 5.41) is 0. The lowest BCUT2D eigenvalue weighted by Crippen LogP contribution is -2.29. The first-order chi connectivity index (χ1) is 45.0. The lowest BCUT2D eigenvalue weighted by atomic mass is 9.67. The minimum Gasteiger partial charge on any atom is -0.457 e. The number of halogens is 2. The Morgan fingerprint density at radius 3 is 1.10 bits per heavy atom. The second kappa shape index (κ2) is 22.0. The molecule has 0 amide bonds. The van der Waals surface area contributed by atoms with E-state index in [1.165, 1.54) is 27.8 Å². The zero-order valence-electron chi connectivity index (χ0n) is 50.9. The van der Waals surface area contributed by atoms with E-state index in [9.17, 15) is 0 Å². The quantitative estimate of drug-likeness (QED) is 0.108. The van der Waals surface area contributed by atoms with Gasteiger partial charge in [-0.05, 0) is 220 Å². The molecule has 5 heteroatoms. The summed E-state index contributed by atoms with van der Waals surface area (Å²) >= 11 is 0. The lowest BCUT2D eigenvalue weighted by Gasteiger charge is -2.36. The Labute approximate surface area is 535 Å². The van der Waals surface area contributed by atoms with E-state index in [0.717, 1.165) is 101 Å². The van der Waals surface area contributed by atoms with Crippen molar-refractivity contribution in [1.82, 2.24) is 0 Å². The van der Waals surface area contributed by atoms with Crippen molar-refractivity contribution >= 4 is 29.2 Å². The van der Waals surface area contributed by atoms with Crippen LogP contribution in [0.1, 0.15) is 80.6 Å². The minimum absolute atomic E-state index is 0.159. The molecule has 2 atom stereocenters. The van der Waals surface area contributed by atoms with Gasteiger partial charge in [0, 0.05) is 22.5 Å². The van der Waals surface area contributed by atoms with Gasteiger partial charge in [-0.1, -0.05) is 227 Å². The molecule has 0 N–H and O–H groups in total. The van der Waals surface area contributed by atoms with Crippen molar-refractivity contribution in [2.24, 2.45) is 0 Å². The molecule has 3 nitrogen and oxygen atoms in total. The van der Waals surface area contributed by atoms with E-state index in [1.807, 2.05) is 109 Å². The molecular formula is C87H61F2NO2. The molecule has 0 saturated heterocycles. The fraction of sp³-hybridized carbons (Fsp3) is 0.0575. The van der Waals surface area contributed by atoms with Crippen LogP contribution in [0.4, 0.5) is 25.8 Å². The van der Waals surface area contributed by atoms with Gasteiger partial charge in [0.25, 0.3) is 0 Å². The van der Waals surface area contributed by atoms with Crippen LogP contribution in [-0.4, -0.2) is 0 Å². The van der Waals surface area contributed by atoms with E-state index in [-0.39, 0.29) is 17.0 Å². The second-order valence-electron chi connectivity index (χ2n) is 24.6. The monoisotopic (exact) mass is 1190 g/mol. The van der Waals surface area contributed by atoms with Crippen molar-refractivity contribution in [2.75, 3.05) is 4.90 Å². The summed E-state index contributed by atoms with van der Waals surface area (Å²) in [7, 11) is 0. The predicted octanol–water partition coefficient (Wildman–Crippen LogP) is 23.0. The van der Waals surface area contributed by atoms with Crippen LogP contribution in [-0.2, 0) is 16.2 Å². The van der Waals surface area contributed by atoms with Crippen molar-refractivity contribution in [1.29, 1.82) is 0 Å². The summed E-state index contributed by atoms with van der Waals surface area (Å²) in [6.07, 6.45) is 3.63. The molecular weight excluding hydrogens is 1130 g/mol. The molecule has 0 bridgehead atoms. The predicted molar refractivity (Wildman–Crippen MR) is 372 cm³/mol. The highest BCUT2D eigenvalue weighted by atomic mass is 19.1. The minimum atomic E-state index is -0.907. The van der Waals surface area contributed by atoms with Crippen molar-refractivity contribution < 1.29 is 18.3 Å². The molecule has 440 valence electrons. The molecule has 0 spiro atoms. The third-order valence-electron chi connectivity index (χ3n) is 19.4. The van der Waals surface area contributed by atoms with Crippen LogP contribution in [0, 0.1) is 11.6 Å². The molecule has 0 saturated carbocycles. The van der Waals surface area contributed by atoms with Gasteiger partial charge in [-0.3, -0.25) is 0 Å². The van der Waals surface area contributed by atoms with Crippen molar-refractivity contribution in [3.63, 3.8) is 0 Å². The molecule has 13 aromatic rings. The van der Waals surface area contributed by atoms with Crippen LogP contribution in [0.2, 0.25) is 0 Å². The molecule has 92 heavy (non-hydrogen) atoms. The Bertz CT molecular complexity index is 4790. The molecule has 3 aliphatic carbocycles. The van der Waals surface area contributed by atoms with E-state index in [0.29, 0.717) is 23.0 Å². The van der Waals surface area contributed by atoms with Crippen LogP contribution in [0.15, 0.2) is 310 Å². The van der Waals surface area contributed by atoms with Crippen LogP contribution in [0.3, 0.4) is 0 Å². The Morgan fingerprint density at radius 1 is 0.315 bits per heavy atom. The molecule has 0 aromatic heterocycles. The summed E-state index contributed by atoms with van der Waals surface area (Å²) < 4.78 is 43.7. The fourth-order valence-corrected chi connectivity index (χ4v) is 15.2. The van der Waals surface area contributed by atoms with Crippen LogP contribution in [0.5, 0.6) is 23.0 Å². The van der Waals surface area contributed by atoms with Crippen LogP contribution in [0.25, 0.3) is 56.7 Å². The van der Waals surface area contributed by atoms with Gasteiger partial charge in [0.15, 0.2) is 0 Å².